The monoisotopic (exact) mass is 312 g/mol. The molecular formula is C13H17BrN2O2. The first-order chi connectivity index (χ1) is 8.50. The number of hydrogen-bond acceptors (Lipinski definition) is 3. The van der Waals surface area contributed by atoms with Crippen molar-refractivity contribution in [2.75, 3.05) is 0 Å². The summed E-state index contributed by atoms with van der Waals surface area (Å²) in [5, 5.41) is 0. The highest BCUT2D eigenvalue weighted by Gasteiger charge is 2.24. The summed E-state index contributed by atoms with van der Waals surface area (Å²) in [5.74, 6) is 0.483. The average molecular weight is 313 g/mol. The molecule has 1 aliphatic carbocycles. The van der Waals surface area contributed by atoms with E-state index >= 15 is 0 Å². The van der Waals surface area contributed by atoms with Crippen LogP contribution in [0.15, 0.2) is 9.27 Å². The number of Topliss-reactive ketones (excluding diaryl/α,β-unsaturated/α-hetero) is 1. The third-order valence-corrected chi connectivity index (χ3v) is 4.81. The second kappa shape index (κ2) is 5.34. The van der Waals surface area contributed by atoms with Gasteiger partial charge in [-0.05, 0) is 49.0 Å². The zero-order chi connectivity index (χ0) is 13.3. The highest BCUT2D eigenvalue weighted by molar-refractivity contribution is 9.10. The van der Waals surface area contributed by atoms with Crippen molar-refractivity contribution in [1.82, 2.24) is 9.55 Å². The Kier molecular flexibility index (Phi) is 4.00. The summed E-state index contributed by atoms with van der Waals surface area (Å²) in [5.41, 5.74) is 1.38. The number of aryl methyl sites for hydroxylation is 1. The molecule has 1 aromatic rings. The number of nitrogens with zero attached hydrogens (tertiary/aromatic N) is 2. The van der Waals surface area contributed by atoms with Gasteiger partial charge in [0.2, 0.25) is 0 Å². The predicted molar refractivity (Wildman–Crippen MR) is 72.6 cm³/mol. The molecule has 5 heteroatoms. The van der Waals surface area contributed by atoms with Crippen LogP contribution in [-0.4, -0.2) is 15.3 Å². The van der Waals surface area contributed by atoms with Gasteiger partial charge in [-0.1, -0.05) is 0 Å². The summed E-state index contributed by atoms with van der Waals surface area (Å²) in [6.07, 6.45) is 3.41. The van der Waals surface area contributed by atoms with Crippen molar-refractivity contribution in [3.63, 3.8) is 0 Å². The van der Waals surface area contributed by atoms with Crippen molar-refractivity contribution in [1.29, 1.82) is 0 Å². The second-order valence-electron chi connectivity index (χ2n) is 4.87. The average Bonchev–Trinajstić information content (AvgIpc) is 2.72. The van der Waals surface area contributed by atoms with Crippen LogP contribution in [0, 0.1) is 19.8 Å². The Bertz CT molecular complexity index is 537. The molecule has 1 fully saturated rings. The van der Waals surface area contributed by atoms with E-state index in [1.54, 1.807) is 4.57 Å². The van der Waals surface area contributed by atoms with E-state index in [0.29, 0.717) is 24.4 Å². The summed E-state index contributed by atoms with van der Waals surface area (Å²) < 4.78 is 2.53. The van der Waals surface area contributed by atoms with Crippen LogP contribution in [0.25, 0.3) is 0 Å². The van der Waals surface area contributed by atoms with E-state index in [-0.39, 0.29) is 11.6 Å². The van der Waals surface area contributed by atoms with Crippen LogP contribution in [0.1, 0.15) is 37.1 Å². The fraction of sp³-hybridized carbons (Fsp3) is 0.615. The molecule has 1 heterocycles. The molecule has 0 N–H and O–H groups in total. The maximum Gasteiger partial charge on any atom is 0.348 e. The maximum absolute atomic E-state index is 11.8. The molecule has 0 bridgehead atoms. The molecule has 1 saturated carbocycles. The zero-order valence-electron chi connectivity index (χ0n) is 10.7. The normalized spacial score (nSPS) is 19.5. The smallest absolute Gasteiger partial charge is 0.299 e. The van der Waals surface area contributed by atoms with Gasteiger partial charge in [0.25, 0.3) is 0 Å². The molecule has 0 radical (unpaired) electrons. The molecule has 98 valence electrons. The number of ketones is 1. The van der Waals surface area contributed by atoms with E-state index in [9.17, 15) is 9.59 Å². The first-order valence-corrected chi connectivity index (χ1v) is 7.06. The minimum atomic E-state index is -0.223. The molecule has 0 aromatic carbocycles. The molecular weight excluding hydrogens is 296 g/mol. The van der Waals surface area contributed by atoms with Crippen LogP contribution in [0.5, 0.6) is 0 Å². The quantitative estimate of drug-likeness (QED) is 0.861. The standard InChI is InChI=1S/C13H17BrN2O2/c1-8-12(14)9(2)16(13(18)15-8)7-6-10-4-3-5-11(10)17/h10H,3-7H2,1-2H3. The van der Waals surface area contributed by atoms with Crippen molar-refractivity contribution in [3.05, 3.63) is 26.3 Å². The van der Waals surface area contributed by atoms with Crippen LogP contribution in [0.3, 0.4) is 0 Å². The molecule has 18 heavy (non-hydrogen) atoms. The lowest BCUT2D eigenvalue weighted by molar-refractivity contribution is -0.120. The molecule has 1 atom stereocenters. The minimum absolute atomic E-state index is 0.136. The number of halogens is 1. The van der Waals surface area contributed by atoms with Gasteiger partial charge in [-0.25, -0.2) is 4.79 Å². The molecule has 0 amide bonds. The summed E-state index contributed by atoms with van der Waals surface area (Å²) >= 11 is 3.44. The Balaban J connectivity index is 2.17. The van der Waals surface area contributed by atoms with Gasteiger partial charge in [0.05, 0.1) is 10.2 Å². The van der Waals surface area contributed by atoms with E-state index < -0.39 is 0 Å². The van der Waals surface area contributed by atoms with Gasteiger partial charge in [0, 0.05) is 24.6 Å². The second-order valence-corrected chi connectivity index (χ2v) is 5.67. The summed E-state index contributed by atoms with van der Waals surface area (Å²) in [6, 6.07) is 0. The Labute approximate surface area is 115 Å². The van der Waals surface area contributed by atoms with Crippen molar-refractivity contribution in [3.8, 4) is 0 Å². The molecule has 4 nitrogen and oxygen atoms in total. The van der Waals surface area contributed by atoms with Crippen molar-refractivity contribution >= 4 is 21.7 Å². The summed E-state index contributed by atoms with van der Waals surface area (Å²) in [4.78, 5) is 27.4. The number of rotatable bonds is 3. The zero-order valence-corrected chi connectivity index (χ0v) is 12.3. The SMILES string of the molecule is Cc1nc(=O)n(CCC2CCCC2=O)c(C)c1Br. The predicted octanol–water partition coefficient (Wildman–Crippen LogP) is 2.38. The van der Waals surface area contributed by atoms with Gasteiger partial charge in [-0.15, -0.1) is 0 Å². The van der Waals surface area contributed by atoms with Crippen LogP contribution in [0.4, 0.5) is 0 Å². The van der Waals surface area contributed by atoms with Crippen molar-refractivity contribution < 1.29 is 4.79 Å². The third-order valence-electron chi connectivity index (χ3n) is 3.67. The van der Waals surface area contributed by atoms with Gasteiger partial charge in [0.15, 0.2) is 0 Å². The molecule has 1 aliphatic rings. The highest BCUT2D eigenvalue weighted by atomic mass is 79.9. The largest absolute Gasteiger partial charge is 0.348 e. The first kappa shape index (κ1) is 13.5. The Morgan fingerprint density at radius 2 is 2.11 bits per heavy atom. The molecule has 0 saturated heterocycles. The molecule has 0 spiro atoms. The topological polar surface area (TPSA) is 52.0 Å². The van der Waals surface area contributed by atoms with Crippen molar-refractivity contribution in [2.45, 2.75) is 46.1 Å². The third kappa shape index (κ3) is 2.55. The number of carbonyl (C=O) groups is 1. The molecule has 2 rings (SSSR count). The van der Waals surface area contributed by atoms with Gasteiger partial charge >= 0.3 is 5.69 Å². The van der Waals surface area contributed by atoms with E-state index in [0.717, 1.165) is 29.4 Å². The maximum atomic E-state index is 11.8. The fourth-order valence-electron chi connectivity index (χ4n) is 2.52. The summed E-state index contributed by atoms with van der Waals surface area (Å²) in [6.45, 7) is 4.28. The summed E-state index contributed by atoms with van der Waals surface area (Å²) in [7, 11) is 0. The molecule has 1 aromatic heterocycles. The number of carbonyl (C=O) groups excluding carboxylic acids is 1. The van der Waals surface area contributed by atoms with Gasteiger partial charge in [-0.3, -0.25) is 9.36 Å². The Morgan fingerprint density at radius 3 is 2.72 bits per heavy atom. The van der Waals surface area contributed by atoms with E-state index in [1.807, 2.05) is 13.8 Å². The highest BCUT2D eigenvalue weighted by Crippen LogP contribution is 2.25. The van der Waals surface area contributed by atoms with Gasteiger partial charge in [-0.2, -0.15) is 4.98 Å². The molecule has 0 aliphatic heterocycles. The van der Waals surface area contributed by atoms with E-state index in [2.05, 4.69) is 20.9 Å². The Morgan fingerprint density at radius 1 is 1.39 bits per heavy atom. The van der Waals surface area contributed by atoms with Crippen LogP contribution < -0.4 is 5.69 Å². The van der Waals surface area contributed by atoms with Crippen LogP contribution in [-0.2, 0) is 11.3 Å². The fourth-order valence-corrected chi connectivity index (χ4v) is 2.82. The van der Waals surface area contributed by atoms with E-state index in [4.69, 9.17) is 0 Å². The first-order valence-electron chi connectivity index (χ1n) is 6.27. The van der Waals surface area contributed by atoms with Crippen LogP contribution in [0.2, 0.25) is 0 Å². The number of hydrogen-bond donors (Lipinski definition) is 0. The van der Waals surface area contributed by atoms with E-state index in [1.165, 1.54) is 0 Å². The molecule has 1 unspecified atom stereocenters. The van der Waals surface area contributed by atoms with Gasteiger partial charge in [0.1, 0.15) is 5.78 Å². The lowest BCUT2D eigenvalue weighted by Gasteiger charge is -2.14. The van der Waals surface area contributed by atoms with Crippen LogP contribution >= 0.6 is 15.9 Å². The minimum Gasteiger partial charge on any atom is -0.299 e. The van der Waals surface area contributed by atoms with Gasteiger partial charge < -0.3 is 0 Å². The lowest BCUT2D eigenvalue weighted by atomic mass is 10.0. The Hall–Kier alpha value is -0.970. The lowest BCUT2D eigenvalue weighted by Crippen LogP contribution is -2.27. The van der Waals surface area contributed by atoms with Crippen molar-refractivity contribution in [2.24, 2.45) is 5.92 Å². The number of aromatic nitrogens is 2.